The summed E-state index contributed by atoms with van der Waals surface area (Å²) < 4.78 is 12.3. The van der Waals surface area contributed by atoms with Gasteiger partial charge in [0.05, 0.1) is 20.8 Å². The first kappa shape index (κ1) is 18.8. The van der Waals surface area contributed by atoms with Crippen LogP contribution in [0, 0.1) is 6.92 Å². The maximum Gasteiger partial charge on any atom is 0.257 e. The van der Waals surface area contributed by atoms with Gasteiger partial charge in [0.15, 0.2) is 17.3 Å². The Hall–Kier alpha value is -2.99. The molecule has 1 N–H and O–H groups in total. The monoisotopic (exact) mass is 385 g/mol. The van der Waals surface area contributed by atoms with Gasteiger partial charge in [-0.2, -0.15) is 5.10 Å². The highest BCUT2D eigenvalue weighted by atomic mass is 35.5. The van der Waals surface area contributed by atoms with Crippen LogP contribution in [0.25, 0.3) is 0 Å². The second-order valence-corrected chi connectivity index (χ2v) is 6.42. The predicted octanol–water partition coefficient (Wildman–Crippen LogP) is 4.16. The van der Waals surface area contributed by atoms with Crippen molar-refractivity contribution in [3.63, 3.8) is 0 Å². The van der Waals surface area contributed by atoms with Crippen LogP contribution in [0.4, 0.5) is 5.82 Å². The van der Waals surface area contributed by atoms with Gasteiger partial charge in [-0.15, -0.1) is 0 Å². The number of nitrogens with zero attached hydrogens (tertiary/aromatic N) is 2. The van der Waals surface area contributed by atoms with Crippen molar-refractivity contribution in [1.82, 2.24) is 9.78 Å². The third-order valence-corrected chi connectivity index (χ3v) is 4.37. The first-order valence-corrected chi connectivity index (χ1v) is 8.70. The number of hydrogen-bond donors (Lipinski definition) is 1. The normalized spacial score (nSPS) is 10.5. The largest absolute Gasteiger partial charge is 0.493 e. The number of aromatic nitrogens is 2. The van der Waals surface area contributed by atoms with Gasteiger partial charge in [-0.1, -0.05) is 23.7 Å². The van der Waals surface area contributed by atoms with Crippen LogP contribution >= 0.6 is 11.6 Å². The van der Waals surface area contributed by atoms with Crippen LogP contribution in [0.5, 0.6) is 11.5 Å². The van der Waals surface area contributed by atoms with E-state index in [0.29, 0.717) is 34.4 Å². The van der Waals surface area contributed by atoms with Crippen LogP contribution in [0.3, 0.4) is 0 Å². The minimum atomic E-state index is -0.271. The molecule has 0 bridgehead atoms. The van der Waals surface area contributed by atoms with E-state index in [4.69, 9.17) is 21.1 Å². The second-order valence-electron chi connectivity index (χ2n) is 5.98. The molecule has 0 unspecified atom stereocenters. The quantitative estimate of drug-likeness (QED) is 0.691. The zero-order chi connectivity index (χ0) is 19.4. The molecule has 1 aromatic heterocycles. The van der Waals surface area contributed by atoms with E-state index < -0.39 is 0 Å². The lowest BCUT2D eigenvalue weighted by molar-refractivity contribution is 0.102. The van der Waals surface area contributed by atoms with Crippen molar-refractivity contribution in [2.45, 2.75) is 13.5 Å². The maximum absolute atomic E-state index is 12.5. The Bertz CT molecular complexity index is 952. The van der Waals surface area contributed by atoms with Gasteiger partial charge in [0.25, 0.3) is 5.91 Å². The Morgan fingerprint density at radius 1 is 1.07 bits per heavy atom. The highest BCUT2D eigenvalue weighted by Gasteiger charge is 2.13. The fraction of sp³-hybridized carbons (Fsp3) is 0.200. The van der Waals surface area contributed by atoms with E-state index in [1.807, 2.05) is 41.9 Å². The average Bonchev–Trinajstić information content (AvgIpc) is 3.01. The van der Waals surface area contributed by atoms with Crippen LogP contribution in [-0.2, 0) is 6.54 Å². The number of anilines is 1. The zero-order valence-corrected chi connectivity index (χ0v) is 16.1. The molecule has 0 aliphatic heterocycles. The Balaban J connectivity index is 1.74. The third kappa shape index (κ3) is 4.41. The van der Waals surface area contributed by atoms with E-state index in [9.17, 15) is 4.79 Å². The lowest BCUT2D eigenvalue weighted by Crippen LogP contribution is -2.13. The average molecular weight is 386 g/mol. The summed E-state index contributed by atoms with van der Waals surface area (Å²) in [5.74, 6) is 1.28. The number of amides is 1. The van der Waals surface area contributed by atoms with Crippen molar-refractivity contribution in [3.05, 3.63) is 70.4 Å². The smallest absolute Gasteiger partial charge is 0.257 e. The molecule has 0 spiro atoms. The summed E-state index contributed by atoms with van der Waals surface area (Å²) in [5, 5.41) is 7.97. The molecule has 7 heteroatoms. The number of benzene rings is 2. The van der Waals surface area contributed by atoms with Gasteiger partial charge in [-0.25, -0.2) is 0 Å². The molecule has 1 heterocycles. The molecule has 140 valence electrons. The number of aryl methyl sites for hydroxylation is 1. The second kappa shape index (κ2) is 8.14. The highest BCUT2D eigenvalue weighted by Crippen LogP contribution is 2.27. The molecule has 3 rings (SSSR count). The van der Waals surface area contributed by atoms with Gasteiger partial charge < -0.3 is 14.8 Å². The van der Waals surface area contributed by atoms with Crippen molar-refractivity contribution >= 4 is 23.3 Å². The van der Waals surface area contributed by atoms with Gasteiger partial charge >= 0.3 is 0 Å². The molecule has 3 aromatic rings. The Kier molecular flexibility index (Phi) is 5.66. The van der Waals surface area contributed by atoms with E-state index >= 15 is 0 Å². The summed E-state index contributed by atoms with van der Waals surface area (Å²) in [6.07, 6.45) is 0. The van der Waals surface area contributed by atoms with Crippen molar-refractivity contribution in [2.75, 3.05) is 19.5 Å². The van der Waals surface area contributed by atoms with E-state index in [2.05, 4.69) is 10.4 Å². The van der Waals surface area contributed by atoms with E-state index in [1.54, 1.807) is 25.3 Å². The maximum atomic E-state index is 12.5. The fourth-order valence-corrected chi connectivity index (χ4v) is 2.79. The molecule has 6 nitrogen and oxygen atoms in total. The minimum Gasteiger partial charge on any atom is -0.493 e. The van der Waals surface area contributed by atoms with E-state index in [1.165, 1.54) is 7.11 Å². The van der Waals surface area contributed by atoms with Crippen LogP contribution in [-0.4, -0.2) is 29.9 Å². The third-order valence-electron chi connectivity index (χ3n) is 4.11. The number of carbonyl (C=O) groups excluding carboxylic acids is 1. The number of carbonyl (C=O) groups is 1. The Labute approximate surface area is 162 Å². The van der Waals surface area contributed by atoms with Gasteiger partial charge in [0.1, 0.15) is 0 Å². The van der Waals surface area contributed by atoms with Gasteiger partial charge in [0.2, 0.25) is 0 Å². The summed E-state index contributed by atoms with van der Waals surface area (Å²) in [6, 6.07) is 14.4. The molecule has 0 saturated heterocycles. The molecule has 0 fully saturated rings. The summed E-state index contributed by atoms with van der Waals surface area (Å²) in [7, 11) is 3.08. The molecule has 0 aliphatic carbocycles. The van der Waals surface area contributed by atoms with Crippen LogP contribution in [0.2, 0.25) is 5.02 Å². The number of halogens is 1. The SMILES string of the molecule is COc1ccc(C(=O)Nc2cc(C)n(Cc3ccc(Cl)cc3)n2)cc1OC. The first-order valence-electron chi connectivity index (χ1n) is 8.32. The van der Waals surface area contributed by atoms with Gasteiger partial charge in [0, 0.05) is 22.3 Å². The lowest BCUT2D eigenvalue weighted by Gasteiger charge is -2.09. The first-order chi connectivity index (χ1) is 13.0. The molecule has 0 saturated carbocycles. The number of nitrogens with one attached hydrogen (secondary N) is 1. The molecule has 27 heavy (non-hydrogen) atoms. The van der Waals surface area contributed by atoms with Crippen molar-refractivity contribution in [1.29, 1.82) is 0 Å². The molecular weight excluding hydrogens is 366 g/mol. The minimum absolute atomic E-state index is 0.271. The van der Waals surface area contributed by atoms with Gasteiger partial charge in [-0.3, -0.25) is 9.48 Å². The standard InChI is InChI=1S/C20H20ClN3O3/c1-13-10-19(23-24(13)12-14-4-7-16(21)8-5-14)22-20(25)15-6-9-17(26-2)18(11-15)27-3/h4-11H,12H2,1-3H3,(H,22,23,25). The molecule has 1 amide bonds. The van der Waals surface area contributed by atoms with E-state index in [-0.39, 0.29) is 5.91 Å². The Morgan fingerprint density at radius 3 is 2.44 bits per heavy atom. The van der Waals surface area contributed by atoms with E-state index in [0.717, 1.165) is 11.3 Å². The van der Waals surface area contributed by atoms with Gasteiger partial charge in [-0.05, 0) is 42.8 Å². The molecular formula is C20H20ClN3O3. The molecule has 0 aliphatic rings. The number of hydrogen-bond acceptors (Lipinski definition) is 4. The fourth-order valence-electron chi connectivity index (χ4n) is 2.66. The van der Waals surface area contributed by atoms with Crippen LogP contribution < -0.4 is 14.8 Å². The van der Waals surface area contributed by atoms with Crippen molar-refractivity contribution < 1.29 is 14.3 Å². The van der Waals surface area contributed by atoms with Crippen LogP contribution in [0.1, 0.15) is 21.6 Å². The lowest BCUT2D eigenvalue weighted by atomic mass is 10.2. The predicted molar refractivity (Wildman–Crippen MR) is 105 cm³/mol. The molecule has 2 aromatic carbocycles. The Morgan fingerprint density at radius 2 is 1.78 bits per heavy atom. The number of methoxy groups -OCH3 is 2. The molecule has 0 atom stereocenters. The van der Waals surface area contributed by atoms with Crippen LogP contribution in [0.15, 0.2) is 48.5 Å². The highest BCUT2D eigenvalue weighted by molar-refractivity contribution is 6.30. The summed E-state index contributed by atoms with van der Waals surface area (Å²) in [4.78, 5) is 12.5. The van der Waals surface area contributed by atoms with Crippen molar-refractivity contribution in [3.8, 4) is 11.5 Å². The number of rotatable bonds is 6. The number of ether oxygens (including phenoxy) is 2. The van der Waals surface area contributed by atoms with Crippen molar-refractivity contribution in [2.24, 2.45) is 0 Å². The summed E-state index contributed by atoms with van der Waals surface area (Å²) in [5.41, 5.74) is 2.47. The summed E-state index contributed by atoms with van der Waals surface area (Å²) in [6.45, 7) is 2.53. The zero-order valence-electron chi connectivity index (χ0n) is 15.3. The molecule has 0 radical (unpaired) electrons. The summed E-state index contributed by atoms with van der Waals surface area (Å²) >= 11 is 5.92. The topological polar surface area (TPSA) is 65.4 Å².